The van der Waals surface area contributed by atoms with E-state index in [2.05, 4.69) is 29.1 Å². The van der Waals surface area contributed by atoms with Crippen LogP contribution in [-0.2, 0) is 6.54 Å². The predicted molar refractivity (Wildman–Crippen MR) is 66.1 cm³/mol. The third-order valence-electron chi connectivity index (χ3n) is 3.43. The summed E-state index contributed by atoms with van der Waals surface area (Å²) in [5, 5.41) is 0. The van der Waals surface area contributed by atoms with E-state index < -0.39 is 0 Å². The van der Waals surface area contributed by atoms with Crippen LogP contribution in [-0.4, -0.2) is 29.0 Å². The molecule has 2 unspecified atom stereocenters. The third-order valence-corrected chi connectivity index (χ3v) is 3.43. The van der Waals surface area contributed by atoms with Crippen molar-refractivity contribution in [3.8, 4) is 0 Å². The minimum Gasteiger partial charge on any atom is -0.328 e. The lowest BCUT2D eigenvalue weighted by Gasteiger charge is -2.23. The Morgan fingerprint density at radius 3 is 2.88 bits per heavy atom. The van der Waals surface area contributed by atoms with Gasteiger partial charge in [0.2, 0.25) is 0 Å². The molecule has 1 aliphatic carbocycles. The normalized spacial score (nSPS) is 25.2. The van der Waals surface area contributed by atoms with Crippen molar-refractivity contribution in [2.24, 2.45) is 5.73 Å². The quantitative estimate of drug-likeness (QED) is 0.841. The second-order valence-corrected chi connectivity index (χ2v) is 4.91. The average molecular weight is 219 g/mol. The van der Waals surface area contributed by atoms with E-state index >= 15 is 0 Å². The first-order valence-corrected chi connectivity index (χ1v) is 6.03. The fraction of sp³-hybridized carbons (Fsp3) is 0.615. The molecule has 0 saturated heterocycles. The molecule has 1 aromatic heterocycles. The smallest absolute Gasteiger partial charge is 0.0547 e. The first-order chi connectivity index (χ1) is 7.65. The number of rotatable bonds is 3. The van der Waals surface area contributed by atoms with Crippen molar-refractivity contribution in [3.05, 3.63) is 29.6 Å². The molecule has 3 nitrogen and oxygen atoms in total. The summed E-state index contributed by atoms with van der Waals surface area (Å²) < 4.78 is 0. The second-order valence-electron chi connectivity index (χ2n) is 4.91. The van der Waals surface area contributed by atoms with Gasteiger partial charge in [-0.1, -0.05) is 6.07 Å². The summed E-state index contributed by atoms with van der Waals surface area (Å²) in [6.07, 6.45) is 3.52. The zero-order valence-corrected chi connectivity index (χ0v) is 10.2. The highest BCUT2D eigenvalue weighted by atomic mass is 15.1. The van der Waals surface area contributed by atoms with Gasteiger partial charge in [-0.25, -0.2) is 0 Å². The molecular formula is C13H21N3. The van der Waals surface area contributed by atoms with Crippen LogP contribution in [0.4, 0.5) is 0 Å². The molecule has 3 heteroatoms. The SMILES string of the molecule is Cc1cccc(CN(C)C2CCC(N)C2)n1. The maximum Gasteiger partial charge on any atom is 0.0547 e. The summed E-state index contributed by atoms with van der Waals surface area (Å²) in [5.74, 6) is 0. The standard InChI is InChI=1S/C13H21N3/c1-10-4-3-5-12(15-10)9-16(2)13-7-6-11(14)8-13/h3-5,11,13H,6-9,14H2,1-2H3. The van der Waals surface area contributed by atoms with Gasteiger partial charge in [-0.15, -0.1) is 0 Å². The van der Waals surface area contributed by atoms with Crippen LogP contribution in [0.5, 0.6) is 0 Å². The lowest BCUT2D eigenvalue weighted by Crippen LogP contribution is -2.30. The minimum absolute atomic E-state index is 0.401. The van der Waals surface area contributed by atoms with E-state index in [9.17, 15) is 0 Å². The van der Waals surface area contributed by atoms with Gasteiger partial charge in [0, 0.05) is 24.3 Å². The van der Waals surface area contributed by atoms with Crippen molar-refractivity contribution in [2.75, 3.05) is 7.05 Å². The third kappa shape index (κ3) is 2.80. The van der Waals surface area contributed by atoms with Crippen LogP contribution in [0.2, 0.25) is 0 Å². The second kappa shape index (κ2) is 4.93. The summed E-state index contributed by atoms with van der Waals surface area (Å²) >= 11 is 0. The number of hydrogen-bond donors (Lipinski definition) is 1. The highest BCUT2D eigenvalue weighted by Crippen LogP contribution is 2.22. The van der Waals surface area contributed by atoms with Crippen molar-refractivity contribution in [3.63, 3.8) is 0 Å². The summed E-state index contributed by atoms with van der Waals surface area (Å²) in [5.41, 5.74) is 8.19. The lowest BCUT2D eigenvalue weighted by atomic mass is 10.2. The largest absolute Gasteiger partial charge is 0.328 e. The van der Waals surface area contributed by atoms with Crippen LogP contribution in [0.3, 0.4) is 0 Å². The molecule has 2 N–H and O–H groups in total. The van der Waals surface area contributed by atoms with Crippen LogP contribution >= 0.6 is 0 Å². The molecule has 16 heavy (non-hydrogen) atoms. The molecule has 0 radical (unpaired) electrons. The minimum atomic E-state index is 0.401. The molecule has 1 heterocycles. The van der Waals surface area contributed by atoms with Gasteiger partial charge in [-0.05, 0) is 45.4 Å². The Labute approximate surface area is 97.7 Å². The molecule has 0 bridgehead atoms. The molecule has 88 valence electrons. The number of aryl methyl sites for hydroxylation is 1. The highest BCUT2D eigenvalue weighted by Gasteiger charge is 2.25. The summed E-state index contributed by atoms with van der Waals surface area (Å²) in [6, 6.07) is 7.24. The van der Waals surface area contributed by atoms with Crippen LogP contribution in [0.15, 0.2) is 18.2 Å². The Morgan fingerprint density at radius 2 is 2.25 bits per heavy atom. The van der Waals surface area contributed by atoms with E-state index in [0.717, 1.165) is 30.8 Å². The molecule has 1 aromatic rings. The molecule has 2 rings (SSSR count). The molecule has 1 aliphatic rings. The Bertz CT molecular complexity index is 351. The number of nitrogens with zero attached hydrogens (tertiary/aromatic N) is 2. The number of aromatic nitrogens is 1. The first-order valence-electron chi connectivity index (χ1n) is 6.03. The topological polar surface area (TPSA) is 42.1 Å². The molecule has 1 saturated carbocycles. The van der Waals surface area contributed by atoms with Crippen LogP contribution in [0.1, 0.15) is 30.7 Å². The summed E-state index contributed by atoms with van der Waals surface area (Å²) in [7, 11) is 2.17. The molecule has 0 aliphatic heterocycles. The Hall–Kier alpha value is -0.930. The van der Waals surface area contributed by atoms with E-state index in [4.69, 9.17) is 5.73 Å². The first kappa shape index (κ1) is 11.6. The number of hydrogen-bond acceptors (Lipinski definition) is 3. The Balaban J connectivity index is 1.94. The van der Waals surface area contributed by atoms with E-state index in [1.54, 1.807) is 0 Å². The Kier molecular flexibility index (Phi) is 3.56. The summed E-state index contributed by atoms with van der Waals surface area (Å²) in [6.45, 7) is 2.97. The predicted octanol–water partition coefficient (Wildman–Crippen LogP) is 1.70. The lowest BCUT2D eigenvalue weighted by molar-refractivity contribution is 0.233. The van der Waals surface area contributed by atoms with Gasteiger partial charge >= 0.3 is 0 Å². The summed E-state index contributed by atoms with van der Waals surface area (Å²) in [4.78, 5) is 6.91. The fourth-order valence-corrected chi connectivity index (χ4v) is 2.46. The van der Waals surface area contributed by atoms with Crippen molar-refractivity contribution in [2.45, 2.75) is 44.8 Å². The van der Waals surface area contributed by atoms with E-state index in [-0.39, 0.29) is 0 Å². The van der Waals surface area contributed by atoms with E-state index in [1.165, 1.54) is 6.42 Å². The van der Waals surface area contributed by atoms with Gasteiger partial charge in [0.1, 0.15) is 0 Å². The van der Waals surface area contributed by atoms with Gasteiger partial charge in [-0.3, -0.25) is 9.88 Å². The zero-order chi connectivity index (χ0) is 11.5. The maximum atomic E-state index is 5.94. The monoisotopic (exact) mass is 219 g/mol. The van der Waals surface area contributed by atoms with Crippen LogP contribution in [0, 0.1) is 6.92 Å². The molecule has 0 amide bonds. The van der Waals surface area contributed by atoms with Gasteiger partial charge < -0.3 is 5.73 Å². The number of pyridine rings is 1. The van der Waals surface area contributed by atoms with Crippen molar-refractivity contribution in [1.82, 2.24) is 9.88 Å². The van der Waals surface area contributed by atoms with Gasteiger partial charge in [0.15, 0.2) is 0 Å². The maximum absolute atomic E-state index is 5.94. The van der Waals surface area contributed by atoms with E-state index in [0.29, 0.717) is 12.1 Å². The Morgan fingerprint density at radius 1 is 1.44 bits per heavy atom. The van der Waals surface area contributed by atoms with Gasteiger partial charge in [0.25, 0.3) is 0 Å². The van der Waals surface area contributed by atoms with Crippen molar-refractivity contribution >= 4 is 0 Å². The van der Waals surface area contributed by atoms with Crippen molar-refractivity contribution in [1.29, 1.82) is 0 Å². The van der Waals surface area contributed by atoms with Crippen molar-refractivity contribution < 1.29 is 0 Å². The zero-order valence-electron chi connectivity index (χ0n) is 10.2. The fourth-order valence-electron chi connectivity index (χ4n) is 2.46. The molecule has 2 atom stereocenters. The van der Waals surface area contributed by atoms with Crippen LogP contribution in [0.25, 0.3) is 0 Å². The molecule has 1 fully saturated rings. The number of nitrogens with two attached hydrogens (primary N) is 1. The van der Waals surface area contributed by atoms with Gasteiger partial charge in [-0.2, -0.15) is 0 Å². The molecule has 0 aromatic carbocycles. The molecular weight excluding hydrogens is 198 g/mol. The van der Waals surface area contributed by atoms with Crippen LogP contribution < -0.4 is 5.73 Å². The van der Waals surface area contributed by atoms with E-state index in [1.807, 2.05) is 13.0 Å². The molecule has 0 spiro atoms. The highest BCUT2D eigenvalue weighted by molar-refractivity contribution is 5.10. The van der Waals surface area contributed by atoms with Gasteiger partial charge in [0.05, 0.1) is 5.69 Å². The average Bonchev–Trinajstić information content (AvgIpc) is 2.65.